The van der Waals surface area contributed by atoms with E-state index < -0.39 is 17.9 Å². The molecule has 9 N–H and O–H groups in total. The van der Waals surface area contributed by atoms with Gasteiger partial charge in [-0.2, -0.15) is 0 Å². The molecule has 36 heavy (non-hydrogen) atoms. The summed E-state index contributed by atoms with van der Waals surface area (Å²) in [5, 5.41) is 74.4. The van der Waals surface area contributed by atoms with Gasteiger partial charge >= 0.3 is 17.9 Å². The molecule has 0 amide bonds. The Kier molecular flexibility index (Phi) is 39.1. The van der Waals surface area contributed by atoms with E-state index in [4.69, 9.17) is 46.0 Å². The van der Waals surface area contributed by atoms with Gasteiger partial charge in [-0.25, -0.2) is 14.4 Å². The molecule has 0 rings (SSSR count). The Bertz CT molecular complexity index is 485. The topological polar surface area (TPSA) is 233 Å². The highest BCUT2D eigenvalue weighted by atomic mass is 16.4. The Morgan fingerprint density at radius 1 is 0.528 bits per heavy atom. The number of carbonyl (C=O) groups is 3. The maximum absolute atomic E-state index is 9.60. The Labute approximate surface area is 213 Å². The molecule has 0 aromatic heterocycles. The van der Waals surface area contributed by atoms with Crippen LogP contribution < -0.4 is 0 Å². The highest BCUT2D eigenvalue weighted by Crippen LogP contribution is 2.03. The lowest BCUT2D eigenvalue weighted by Crippen LogP contribution is -2.11. The summed E-state index contributed by atoms with van der Waals surface area (Å²) in [6.45, 7) is 14.1. The van der Waals surface area contributed by atoms with Gasteiger partial charge in [-0.05, 0) is 46.5 Å². The fourth-order valence-electron chi connectivity index (χ4n) is 1.24. The molecule has 0 bridgehead atoms. The van der Waals surface area contributed by atoms with Crippen LogP contribution in [0.3, 0.4) is 0 Å². The summed E-state index contributed by atoms with van der Waals surface area (Å²) in [6.07, 6.45) is 2.71. The van der Waals surface area contributed by atoms with Gasteiger partial charge in [0, 0.05) is 68.2 Å². The fourth-order valence-corrected chi connectivity index (χ4v) is 1.24. The van der Waals surface area contributed by atoms with Crippen molar-refractivity contribution in [3.8, 4) is 0 Å². The summed E-state index contributed by atoms with van der Waals surface area (Å²) in [7, 11) is 0. The van der Waals surface area contributed by atoms with Crippen molar-refractivity contribution in [3.05, 3.63) is 36.5 Å². The SMILES string of the molecule is C=C(C)C(=O)O.C=C(C)C(=O)O.C=C(C)C(=O)O.OCCCC(CO)CO.OCCCC(CO)CO. The number of aliphatic hydroxyl groups excluding tert-OH is 6. The number of hydrogen-bond donors (Lipinski definition) is 9. The van der Waals surface area contributed by atoms with Crippen molar-refractivity contribution in [1.82, 2.24) is 0 Å². The predicted octanol–water partition coefficient (Wildman–Crippen LogP) is 0.661. The zero-order chi connectivity index (χ0) is 29.7. The third-order valence-electron chi connectivity index (χ3n) is 3.67. The van der Waals surface area contributed by atoms with Crippen molar-refractivity contribution >= 4 is 17.9 Å². The molecule has 0 spiro atoms. The zero-order valence-corrected chi connectivity index (χ0v) is 21.6. The van der Waals surface area contributed by atoms with Gasteiger partial charge in [-0.15, -0.1) is 0 Å². The van der Waals surface area contributed by atoms with E-state index in [1.807, 2.05) is 0 Å². The molecule has 0 atom stereocenters. The second kappa shape index (κ2) is 32.4. The fraction of sp³-hybridized carbons (Fsp3) is 0.625. The van der Waals surface area contributed by atoms with Crippen molar-refractivity contribution in [2.45, 2.75) is 46.5 Å². The predicted molar refractivity (Wildman–Crippen MR) is 135 cm³/mol. The molecule has 12 nitrogen and oxygen atoms in total. The first-order valence-corrected chi connectivity index (χ1v) is 10.9. The van der Waals surface area contributed by atoms with Crippen molar-refractivity contribution in [2.75, 3.05) is 39.6 Å². The van der Waals surface area contributed by atoms with Crippen molar-refractivity contribution < 1.29 is 60.3 Å². The van der Waals surface area contributed by atoms with E-state index >= 15 is 0 Å². The van der Waals surface area contributed by atoms with Gasteiger partial charge in [0.2, 0.25) is 0 Å². The lowest BCUT2D eigenvalue weighted by Gasteiger charge is -2.07. The molecule has 0 saturated heterocycles. The molecule has 12 heteroatoms. The van der Waals surface area contributed by atoms with Crippen LogP contribution in [0.1, 0.15) is 46.5 Å². The van der Waals surface area contributed by atoms with Gasteiger partial charge in [0.15, 0.2) is 0 Å². The number of hydrogen-bond acceptors (Lipinski definition) is 9. The normalized spacial score (nSPS) is 9.08. The molecule has 0 fully saturated rings. The standard InChI is InChI=1S/2C6H14O3.3C4H6O2/c2*7-3-1-2-6(4-8)5-9;3*1-3(2)4(5)6/h2*6-9H,1-5H2;3*1H2,2H3,(H,5,6). The second-order valence-electron chi connectivity index (χ2n) is 7.45. The van der Waals surface area contributed by atoms with Crippen LogP contribution in [0.5, 0.6) is 0 Å². The zero-order valence-electron chi connectivity index (χ0n) is 21.6. The molecule has 0 aliphatic rings. The lowest BCUT2D eigenvalue weighted by atomic mass is 10.1. The number of aliphatic hydroxyl groups is 6. The van der Waals surface area contributed by atoms with Crippen LogP contribution in [0.4, 0.5) is 0 Å². The van der Waals surface area contributed by atoms with Crippen molar-refractivity contribution in [3.63, 3.8) is 0 Å². The minimum absolute atomic E-state index is 0.0104. The van der Waals surface area contributed by atoms with Crippen LogP contribution in [-0.2, 0) is 14.4 Å². The molecule has 0 aromatic rings. The van der Waals surface area contributed by atoms with E-state index in [1.165, 1.54) is 20.8 Å². The molecule has 0 aliphatic heterocycles. The van der Waals surface area contributed by atoms with Crippen LogP contribution in [0.25, 0.3) is 0 Å². The second-order valence-corrected chi connectivity index (χ2v) is 7.45. The highest BCUT2D eigenvalue weighted by molar-refractivity contribution is 5.85. The first-order valence-electron chi connectivity index (χ1n) is 10.9. The summed E-state index contributed by atoms with van der Waals surface area (Å²) in [4.78, 5) is 28.8. The molecule has 0 aromatic carbocycles. The van der Waals surface area contributed by atoms with Crippen LogP contribution in [0.2, 0.25) is 0 Å². The molecule has 0 radical (unpaired) electrons. The Morgan fingerprint density at radius 3 is 0.778 bits per heavy atom. The van der Waals surface area contributed by atoms with E-state index in [0.29, 0.717) is 25.7 Å². The van der Waals surface area contributed by atoms with Crippen molar-refractivity contribution in [2.24, 2.45) is 11.8 Å². The summed E-state index contributed by atoms with van der Waals surface area (Å²) < 4.78 is 0. The summed E-state index contributed by atoms with van der Waals surface area (Å²) in [6, 6.07) is 0. The van der Waals surface area contributed by atoms with Gasteiger partial charge < -0.3 is 46.0 Å². The molecular weight excluding hydrogens is 480 g/mol. The van der Waals surface area contributed by atoms with Gasteiger partial charge in [0.1, 0.15) is 0 Å². The highest BCUT2D eigenvalue weighted by Gasteiger charge is 2.04. The Morgan fingerprint density at radius 2 is 0.694 bits per heavy atom. The van der Waals surface area contributed by atoms with E-state index in [2.05, 4.69) is 19.7 Å². The van der Waals surface area contributed by atoms with Gasteiger partial charge in [0.25, 0.3) is 0 Å². The molecular formula is C24H46O12. The number of carboxylic acids is 3. The number of rotatable bonds is 13. The first kappa shape index (κ1) is 43.5. The monoisotopic (exact) mass is 526 g/mol. The van der Waals surface area contributed by atoms with E-state index in [0.717, 1.165) is 0 Å². The minimum atomic E-state index is -0.935. The Hall–Kier alpha value is -2.61. The summed E-state index contributed by atoms with van der Waals surface area (Å²) in [5.74, 6) is -2.89. The largest absolute Gasteiger partial charge is 0.478 e. The molecule has 0 heterocycles. The smallest absolute Gasteiger partial charge is 0.330 e. The van der Waals surface area contributed by atoms with E-state index in [1.54, 1.807) is 0 Å². The summed E-state index contributed by atoms with van der Waals surface area (Å²) in [5.41, 5.74) is 0.528. The summed E-state index contributed by atoms with van der Waals surface area (Å²) >= 11 is 0. The van der Waals surface area contributed by atoms with Gasteiger partial charge in [0.05, 0.1) is 0 Å². The quantitative estimate of drug-likeness (QED) is 0.151. The third-order valence-corrected chi connectivity index (χ3v) is 3.67. The molecule has 0 saturated carbocycles. The van der Waals surface area contributed by atoms with Gasteiger partial charge in [-0.1, -0.05) is 19.7 Å². The minimum Gasteiger partial charge on any atom is -0.478 e. The average molecular weight is 527 g/mol. The van der Waals surface area contributed by atoms with E-state index in [9.17, 15) is 14.4 Å². The van der Waals surface area contributed by atoms with Gasteiger partial charge in [-0.3, -0.25) is 0 Å². The lowest BCUT2D eigenvalue weighted by molar-refractivity contribution is -0.133. The first-order chi connectivity index (χ1) is 16.6. The maximum Gasteiger partial charge on any atom is 0.330 e. The molecule has 0 unspecified atom stereocenters. The molecule has 214 valence electrons. The maximum atomic E-state index is 9.60. The average Bonchev–Trinajstić information content (AvgIpc) is 2.82. The van der Waals surface area contributed by atoms with Crippen molar-refractivity contribution in [1.29, 1.82) is 0 Å². The van der Waals surface area contributed by atoms with Crippen LogP contribution in [0, 0.1) is 11.8 Å². The number of aliphatic carboxylic acids is 3. The van der Waals surface area contributed by atoms with Crippen LogP contribution in [-0.4, -0.2) is 104 Å². The molecule has 0 aliphatic carbocycles. The van der Waals surface area contributed by atoms with Crippen LogP contribution >= 0.6 is 0 Å². The Balaban J connectivity index is -0.000000113. The number of carboxylic acid groups (broad SMARTS) is 3. The third kappa shape index (κ3) is 45.0. The van der Waals surface area contributed by atoms with E-state index in [-0.39, 0.29) is 68.2 Å². The van der Waals surface area contributed by atoms with Crippen LogP contribution in [0.15, 0.2) is 36.5 Å².